The first-order valence-corrected chi connectivity index (χ1v) is 10.9. The molecule has 0 bridgehead atoms. The van der Waals surface area contributed by atoms with E-state index in [1.165, 1.54) is 6.07 Å². The summed E-state index contributed by atoms with van der Waals surface area (Å²) in [4.78, 5) is 12.5. The topological polar surface area (TPSA) is 75.7 Å². The highest BCUT2D eigenvalue weighted by Crippen LogP contribution is 2.36. The maximum Gasteiger partial charge on any atom is 0.434 e. The molecule has 0 aliphatic carbocycles. The van der Waals surface area contributed by atoms with Gasteiger partial charge in [0.2, 0.25) is 10.0 Å². The van der Waals surface area contributed by atoms with Crippen molar-refractivity contribution < 1.29 is 44.3 Å². The van der Waals surface area contributed by atoms with Gasteiger partial charge in [-0.1, -0.05) is 23.2 Å². The van der Waals surface area contributed by atoms with Crippen molar-refractivity contribution in [2.45, 2.75) is 48.7 Å². The van der Waals surface area contributed by atoms with E-state index in [-0.39, 0.29) is 27.9 Å². The highest BCUT2D eigenvalue weighted by atomic mass is 35.5. The average Bonchev–Trinajstić information content (AvgIpc) is 2.64. The first-order valence-electron chi connectivity index (χ1n) is 8.68. The molecule has 1 atom stereocenters. The Morgan fingerprint density at radius 1 is 1.13 bits per heavy atom. The van der Waals surface area contributed by atoms with Crippen molar-refractivity contribution in [2.75, 3.05) is 13.1 Å². The summed E-state index contributed by atoms with van der Waals surface area (Å²) in [5.41, 5.74) is 0. The number of hydrogen-bond donors (Lipinski definition) is 1. The van der Waals surface area contributed by atoms with Crippen LogP contribution in [-0.2, 0) is 14.8 Å². The summed E-state index contributed by atoms with van der Waals surface area (Å²) in [6.45, 7) is -0.652. The second kappa shape index (κ2) is 9.59. The average molecular weight is 517 g/mol. The van der Waals surface area contributed by atoms with Crippen LogP contribution in [0.15, 0.2) is 23.1 Å². The van der Waals surface area contributed by atoms with Gasteiger partial charge in [0.15, 0.2) is 0 Å². The molecule has 1 aromatic carbocycles. The molecule has 1 fully saturated rings. The molecule has 0 spiro atoms. The van der Waals surface area contributed by atoms with Gasteiger partial charge < -0.3 is 9.64 Å². The number of alkyl halides is 6. The van der Waals surface area contributed by atoms with Crippen LogP contribution >= 0.6 is 23.2 Å². The number of amides is 1. The number of nitrogens with one attached hydrogen (secondary N) is 1. The molecule has 1 N–H and O–H groups in total. The van der Waals surface area contributed by atoms with Crippen LogP contribution in [0, 0.1) is 0 Å². The minimum Gasteiger partial charge on any atom is -0.426 e. The molecule has 1 aliphatic rings. The Labute approximate surface area is 183 Å². The minimum absolute atomic E-state index is 0.0437. The third kappa shape index (κ3) is 6.77. The second-order valence-electron chi connectivity index (χ2n) is 6.62. The largest absolute Gasteiger partial charge is 0.434 e. The van der Waals surface area contributed by atoms with E-state index in [9.17, 15) is 39.6 Å². The molecule has 176 valence electrons. The van der Waals surface area contributed by atoms with Crippen molar-refractivity contribution in [3.8, 4) is 0 Å². The first-order chi connectivity index (χ1) is 14.1. The van der Waals surface area contributed by atoms with E-state index in [4.69, 9.17) is 23.2 Å². The zero-order valence-corrected chi connectivity index (χ0v) is 17.8. The molecule has 1 unspecified atom stereocenters. The van der Waals surface area contributed by atoms with Crippen molar-refractivity contribution in [1.82, 2.24) is 9.62 Å². The highest BCUT2D eigenvalue weighted by Gasteiger charge is 2.60. The Hall–Kier alpha value is -1.44. The van der Waals surface area contributed by atoms with E-state index < -0.39 is 47.2 Å². The van der Waals surface area contributed by atoms with Gasteiger partial charge in [-0.25, -0.2) is 17.9 Å². The number of carbonyl (C=O) groups is 1. The van der Waals surface area contributed by atoms with Crippen molar-refractivity contribution in [2.24, 2.45) is 0 Å². The Balaban J connectivity index is 2.13. The summed E-state index contributed by atoms with van der Waals surface area (Å²) < 4.78 is 107. The number of sulfonamides is 1. The van der Waals surface area contributed by atoms with E-state index in [1.807, 2.05) is 0 Å². The SMILES string of the molecule is O=C(OC(C(F)(F)F)C(F)(F)F)N1CCCCC1CNS(=O)(=O)c1ccc(Cl)c(Cl)c1. The molecular formula is C16H16Cl2F6N2O4S. The van der Waals surface area contributed by atoms with Crippen LogP contribution in [0.1, 0.15) is 19.3 Å². The first kappa shape index (κ1) is 25.8. The summed E-state index contributed by atoms with van der Waals surface area (Å²) in [5, 5.41) is 0.0588. The molecular weight excluding hydrogens is 501 g/mol. The van der Waals surface area contributed by atoms with Gasteiger partial charge in [0.25, 0.3) is 6.10 Å². The quantitative estimate of drug-likeness (QED) is 0.572. The van der Waals surface area contributed by atoms with E-state index in [2.05, 4.69) is 9.46 Å². The molecule has 1 aliphatic heterocycles. The number of ether oxygens (including phenoxy) is 1. The van der Waals surface area contributed by atoms with Crippen LogP contribution in [0.4, 0.5) is 31.1 Å². The van der Waals surface area contributed by atoms with Crippen molar-refractivity contribution in [1.29, 1.82) is 0 Å². The van der Waals surface area contributed by atoms with Crippen LogP contribution in [0.5, 0.6) is 0 Å². The molecule has 2 rings (SSSR count). The Bertz CT molecular complexity index is 896. The van der Waals surface area contributed by atoms with Crippen LogP contribution in [-0.4, -0.2) is 57.0 Å². The van der Waals surface area contributed by atoms with Crippen molar-refractivity contribution in [3.05, 3.63) is 28.2 Å². The van der Waals surface area contributed by atoms with E-state index >= 15 is 0 Å². The van der Waals surface area contributed by atoms with E-state index in [1.54, 1.807) is 0 Å². The molecule has 1 aromatic rings. The molecule has 1 heterocycles. The van der Waals surface area contributed by atoms with Gasteiger partial charge in [0.05, 0.1) is 14.9 Å². The van der Waals surface area contributed by atoms with Crippen molar-refractivity contribution in [3.63, 3.8) is 0 Å². The Kier molecular flexibility index (Phi) is 7.99. The van der Waals surface area contributed by atoms with Gasteiger partial charge in [0.1, 0.15) is 0 Å². The summed E-state index contributed by atoms with van der Waals surface area (Å²) in [6, 6.07) is 2.44. The fourth-order valence-electron chi connectivity index (χ4n) is 2.87. The second-order valence-corrected chi connectivity index (χ2v) is 9.20. The molecule has 0 saturated carbocycles. The van der Waals surface area contributed by atoms with Crippen molar-refractivity contribution >= 4 is 39.3 Å². The normalized spacial score (nSPS) is 18.4. The van der Waals surface area contributed by atoms with Crippen LogP contribution in [0.25, 0.3) is 0 Å². The summed E-state index contributed by atoms with van der Waals surface area (Å²) >= 11 is 11.5. The number of rotatable bonds is 5. The number of hydrogen-bond acceptors (Lipinski definition) is 4. The maximum absolute atomic E-state index is 12.7. The Morgan fingerprint density at radius 2 is 1.74 bits per heavy atom. The lowest BCUT2D eigenvalue weighted by Crippen LogP contribution is -2.53. The third-order valence-corrected chi connectivity index (χ3v) is 6.55. The number of benzene rings is 1. The van der Waals surface area contributed by atoms with Gasteiger partial charge in [-0.05, 0) is 37.5 Å². The number of piperidine rings is 1. The maximum atomic E-state index is 12.7. The lowest BCUT2D eigenvalue weighted by atomic mass is 10.0. The zero-order chi connectivity index (χ0) is 23.6. The van der Waals surface area contributed by atoms with Crippen LogP contribution in [0.2, 0.25) is 10.0 Å². The third-order valence-electron chi connectivity index (χ3n) is 4.39. The monoisotopic (exact) mass is 516 g/mol. The van der Waals surface area contributed by atoms with Gasteiger partial charge in [-0.3, -0.25) is 0 Å². The molecule has 0 radical (unpaired) electrons. The number of carbonyl (C=O) groups excluding carboxylic acids is 1. The van der Waals surface area contributed by atoms with Crippen LogP contribution in [0.3, 0.4) is 0 Å². The van der Waals surface area contributed by atoms with Gasteiger partial charge >= 0.3 is 18.4 Å². The number of likely N-dealkylation sites (tertiary alicyclic amines) is 1. The Morgan fingerprint density at radius 3 is 2.29 bits per heavy atom. The minimum atomic E-state index is -5.85. The van der Waals surface area contributed by atoms with E-state index in [0.717, 1.165) is 12.1 Å². The lowest BCUT2D eigenvalue weighted by Gasteiger charge is -2.36. The zero-order valence-electron chi connectivity index (χ0n) is 15.4. The lowest BCUT2D eigenvalue weighted by molar-refractivity contribution is -0.308. The van der Waals surface area contributed by atoms with Gasteiger partial charge in [-0.15, -0.1) is 0 Å². The fraction of sp³-hybridized carbons (Fsp3) is 0.562. The van der Waals surface area contributed by atoms with Crippen LogP contribution < -0.4 is 4.72 Å². The summed E-state index contributed by atoms with van der Waals surface area (Å²) in [7, 11) is -4.15. The summed E-state index contributed by atoms with van der Waals surface area (Å²) in [5.74, 6) is 0. The van der Waals surface area contributed by atoms with Gasteiger partial charge in [0, 0.05) is 19.1 Å². The standard InChI is InChI=1S/C16H16Cl2F6N2O4S/c17-11-5-4-10(7-12(11)18)31(28,29)25-8-9-3-1-2-6-26(9)14(27)30-13(15(19,20)21)16(22,23)24/h4-5,7,9,13,25H,1-3,6,8H2. The highest BCUT2D eigenvalue weighted by molar-refractivity contribution is 7.89. The number of halogens is 8. The molecule has 1 saturated heterocycles. The predicted molar refractivity (Wildman–Crippen MR) is 98.4 cm³/mol. The molecule has 1 amide bonds. The van der Waals surface area contributed by atoms with E-state index in [0.29, 0.717) is 17.7 Å². The smallest absolute Gasteiger partial charge is 0.426 e. The number of nitrogens with zero attached hydrogens (tertiary/aromatic N) is 1. The molecule has 31 heavy (non-hydrogen) atoms. The predicted octanol–water partition coefficient (Wildman–Crippen LogP) is 4.76. The molecule has 15 heteroatoms. The molecule has 0 aromatic heterocycles. The molecule has 6 nitrogen and oxygen atoms in total. The fourth-order valence-corrected chi connectivity index (χ4v) is 4.34. The van der Waals surface area contributed by atoms with Gasteiger partial charge in [-0.2, -0.15) is 26.3 Å². The summed E-state index contributed by atoms with van der Waals surface area (Å²) in [6.07, 6.45) is -16.9.